The molecule has 1 aliphatic rings. The van der Waals surface area contributed by atoms with E-state index in [9.17, 15) is 14.4 Å². The average Bonchev–Trinajstić information content (AvgIpc) is 3.00. The molecule has 28 heavy (non-hydrogen) atoms. The smallest absolute Gasteiger partial charge is 0.347 e. The summed E-state index contributed by atoms with van der Waals surface area (Å²) in [4.78, 5) is 36.4. The number of ketones is 1. The van der Waals surface area contributed by atoms with Gasteiger partial charge in [-0.25, -0.2) is 4.79 Å². The van der Waals surface area contributed by atoms with Crippen LogP contribution in [0, 0.1) is 13.8 Å². The Morgan fingerprint density at radius 1 is 1.04 bits per heavy atom. The summed E-state index contributed by atoms with van der Waals surface area (Å²) in [5.74, 6) is -1.88. The van der Waals surface area contributed by atoms with Gasteiger partial charge in [0.1, 0.15) is 0 Å². The van der Waals surface area contributed by atoms with Gasteiger partial charge in [0.2, 0.25) is 11.7 Å². The molecule has 0 bridgehead atoms. The maximum absolute atomic E-state index is 12.3. The Bertz CT molecular complexity index is 930. The number of aryl methyl sites for hydroxylation is 2. The predicted octanol–water partition coefficient (Wildman–Crippen LogP) is 2.71. The Balaban J connectivity index is 1.63. The number of ether oxygens (including phenoxy) is 2. The molecule has 0 saturated heterocycles. The fourth-order valence-corrected chi connectivity index (χ4v) is 2.81. The van der Waals surface area contributed by atoms with Crippen molar-refractivity contribution >= 4 is 29.0 Å². The van der Waals surface area contributed by atoms with Gasteiger partial charge in [0.25, 0.3) is 5.91 Å². The average molecular weight is 380 g/mol. The molecule has 0 unspecified atom stereocenters. The van der Waals surface area contributed by atoms with Crippen LogP contribution in [0.15, 0.2) is 60.0 Å². The van der Waals surface area contributed by atoms with Crippen molar-refractivity contribution < 1.29 is 23.9 Å². The van der Waals surface area contributed by atoms with Gasteiger partial charge in [-0.15, -0.1) is 0 Å². The molecule has 7 nitrogen and oxygen atoms in total. The van der Waals surface area contributed by atoms with Crippen LogP contribution in [0.3, 0.4) is 0 Å². The van der Waals surface area contributed by atoms with Crippen molar-refractivity contribution in [3.63, 3.8) is 0 Å². The van der Waals surface area contributed by atoms with E-state index >= 15 is 0 Å². The highest BCUT2D eigenvalue weighted by Crippen LogP contribution is 2.20. The van der Waals surface area contributed by atoms with Crippen LogP contribution >= 0.6 is 0 Å². The van der Waals surface area contributed by atoms with Crippen LogP contribution in [-0.2, 0) is 23.9 Å². The minimum Gasteiger partial charge on any atom is -0.470 e. The third-order valence-electron chi connectivity index (χ3n) is 3.93. The number of anilines is 2. The van der Waals surface area contributed by atoms with Gasteiger partial charge in [0.15, 0.2) is 18.8 Å². The summed E-state index contributed by atoms with van der Waals surface area (Å²) < 4.78 is 10.3. The maximum atomic E-state index is 12.3. The number of benzene rings is 2. The second-order valence-corrected chi connectivity index (χ2v) is 6.41. The van der Waals surface area contributed by atoms with Crippen LogP contribution in [0.25, 0.3) is 0 Å². The Labute approximate surface area is 162 Å². The Kier molecular flexibility index (Phi) is 5.74. The molecule has 0 radical (unpaired) electrons. The summed E-state index contributed by atoms with van der Waals surface area (Å²) in [6.07, 6.45) is 0. The van der Waals surface area contributed by atoms with Crippen molar-refractivity contribution in [1.29, 1.82) is 0 Å². The number of amides is 1. The van der Waals surface area contributed by atoms with E-state index in [2.05, 4.69) is 10.6 Å². The number of hydrogen-bond acceptors (Lipinski definition) is 6. The van der Waals surface area contributed by atoms with Gasteiger partial charge in [-0.2, -0.15) is 0 Å². The molecule has 0 aromatic heterocycles. The minimum atomic E-state index is -0.906. The lowest BCUT2D eigenvalue weighted by molar-refractivity contribution is -0.144. The first-order valence-corrected chi connectivity index (χ1v) is 8.70. The van der Waals surface area contributed by atoms with Crippen LogP contribution in [0.2, 0.25) is 0 Å². The summed E-state index contributed by atoms with van der Waals surface area (Å²) in [6, 6.07) is 14.6. The second kappa shape index (κ2) is 8.39. The summed E-state index contributed by atoms with van der Waals surface area (Å²) in [6.45, 7) is 3.07. The monoisotopic (exact) mass is 380 g/mol. The normalized spacial score (nSPS) is 13.1. The fourth-order valence-electron chi connectivity index (χ4n) is 2.81. The molecular weight excluding hydrogens is 360 g/mol. The summed E-state index contributed by atoms with van der Waals surface area (Å²) >= 11 is 0. The summed E-state index contributed by atoms with van der Waals surface area (Å²) in [5.41, 5.74) is 3.04. The zero-order valence-electron chi connectivity index (χ0n) is 15.6. The maximum Gasteiger partial charge on any atom is 0.347 e. The van der Waals surface area contributed by atoms with E-state index in [1.54, 1.807) is 24.3 Å². The number of nitrogens with one attached hydrogen (secondary N) is 2. The van der Waals surface area contributed by atoms with Crippen molar-refractivity contribution in [3.05, 3.63) is 71.1 Å². The van der Waals surface area contributed by atoms with Crippen LogP contribution in [0.5, 0.6) is 0 Å². The number of hydrogen-bond donors (Lipinski definition) is 2. The molecule has 2 aromatic rings. The van der Waals surface area contributed by atoms with Crippen LogP contribution in [-0.4, -0.2) is 30.9 Å². The van der Waals surface area contributed by atoms with Gasteiger partial charge in [-0.05, 0) is 49.2 Å². The Morgan fingerprint density at radius 3 is 2.39 bits per heavy atom. The van der Waals surface area contributed by atoms with Crippen molar-refractivity contribution in [1.82, 2.24) is 0 Å². The Morgan fingerprint density at radius 2 is 1.71 bits per heavy atom. The minimum absolute atomic E-state index is 0.0240. The van der Waals surface area contributed by atoms with Crippen LogP contribution in [0.4, 0.5) is 11.4 Å². The van der Waals surface area contributed by atoms with Gasteiger partial charge in [0.05, 0.1) is 0 Å². The molecule has 1 amide bonds. The van der Waals surface area contributed by atoms with E-state index in [1.807, 2.05) is 38.1 Å². The van der Waals surface area contributed by atoms with Crippen molar-refractivity contribution in [2.75, 3.05) is 23.8 Å². The molecule has 0 saturated carbocycles. The molecule has 144 valence electrons. The van der Waals surface area contributed by atoms with E-state index in [0.29, 0.717) is 11.4 Å². The fraction of sp³-hybridized carbons (Fsp3) is 0.190. The van der Waals surface area contributed by atoms with E-state index in [0.717, 1.165) is 11.1 Å². The van der Waals surface area contributed by atoms with Gasteiger partial charge in [0, 0.05) is 11.4 Å². The third kappa shape index (κ3) is 4.76. The lowest BCUT2D eigenvalue weighted by Crippen LogP contribution is -2.24. The van der Waals surface area contributed by atoms with Gasteiger partial charge in [-0.1, -0.05) is 24.3 Å². The molecule has 0 aliphatic carbocycles. The number of Topliss-reactive ketones (excluding diaryl/α,β-unsaturated/α-hetero) is 1. The quantitative estimate of drug-likeness (QED) is 0.591. The molecule has 2 aromatic carbocycles. The molecule has 1 heterocycles. The molecule has 1 aliphatic heterocycles. The highest BCUT2D eigenvalue weighted by Gasteiger charge is 2.32. The highest BCUT2D eigenvalue weighted by molar-refractivity contribution is 6.20. The van der Waals surface area contributed by atoms with Crippen molar-refractivity contribution in [3.8, 4) is 0 Å². The van der Waals surface area contributed by atoms with E-state index in [1.165, 1.54) is 0 Å². The topological polar surface area (TPSA) is 93.7 Å². The number of carbonyl (C=O) groups is 3. The van der Waals surface area contributed by atoms with Gasteiger partial charge >= 0.3 is 5.97 Å². The number of para-hydroxylation sites is 1. The summed E-state index contributed by atoms with van der Waals surface area (Å²) in [5, 5.41) is 5.55. The van der Waals surface area contributed by atoms with E-state index in [4.69, 9.17) is 9.47 Å². The van der Waals surface area contributed by atoms with E-state index in [-0.39, 0.29) is 18.1 Å². The second-order valence-electron chi connectivity index (χ2n) is 6.41. The zero-order valence-corrected chi connectivity index (χ0v) is 15.6. The number of rotatable bonds is 6. The largest absolute Gasteiger partial charge is 0.470 e. The van der Waals surface area contributed by atoms with Crippen molar-refractivity contribution in [2.24, 2.45) is 0 Å². The van der Waals surface area contributed by atoms with Gasteiger partial charge < -0.3 is 20.1 Å². The molecule has 3 rings (SSSR count). The molecule has 7 heteroatoms. The molecule has 2 N–H and O–H groups in total. The lowest BCUT2D eigenvalue weighted by Gasteiger charge is -2.10. The molecule has 0 fully saturated rings. The first kappa shape index (κ1) is 19.2. The van der Waals surface area contributed by atoms with Crippen LogP contribution < -0.4 is 10.6 Å². The number of carbonyl (C=O) groups excluding carboxylic acids is 3. The molecule has 0 atom stereocenters. The number of esters is 1. The predicted molar refractivity (Wildman–Crippen MR) is 104 cm³/mol. The zero-order chi connectivity index (χ0) is 20.1. The van der Waals surface area contributed by atoms with Crippen LogP contribution in [0.1, 0.15) is 11.1 Å². The first-order chi connectivity index (χ1) is 13.4. The standard InChI is InChI=1S/C21H20N2O5/c1-13-8-14(2)10-16(9-13)22-18(25)12-28-21(26)19-17(24)11-27-20(19)23-15-6-4-3-5-7-15/h3-10,23H,11-12H2,1-2H3,(H,22,25). The highest BCUT2D eigenvalue weighted by atomic mass is 16.5. The van der Waals surface area contributed by atoms with Crippen molar-refractivity contribution in [2.45, 2.75) is 13.8 Å². The van der Waals surface area contributed by atoms with Gasteiger partial charge in [-0.3, -0.25) is 9.59 Å². The lowest BCUT2D eigenvalue weighted by atomic mass is 10.1. The van der Waals surface area contributed by atoms with E-state index < -0.39 is 24.3 Å². The Hall–Kier alpha value is -3.61. The first-order valence-electron chi connectivity index (χ1n) is 8.70. The third-order valence-corrected chi connectivity index (χ3v) is 3.93. The summed E-state index contributed by atoms with van der Waals surface area (Å²) in [7, 11) is 0. The molecule has 0 spiro atoms. The molecular formula is C21H20N2O5. The SMILES string of the molecule is Cc1cc(C)cc(NC(=O)COC(=O)C2=C(Nc3ccccc3)OCC2=O)c1.